The molecule has 0 radical (unpaired) electrons. The third-order valence-electron chi connectivity index (χ3n) is 5.32. The molecule has 0 aliphatic heterocycles. The summed E-state index contributed by atoms with van der Waals surface area (Å²) in [6.45, 7) is 8.72. The van der Waals surface area contributed by atoms with Gasteiger partial charge in [0.1, 0.15) is 12.2 Å². The Hall–Kier alpha value is -1.29. The molecular weight excluding hydrogens is 394 g/mol. The standard InChI is InChI=1S/C18H26F6O4/c1-10(2)14(25)27-13-6-8-15(9-7-13,11(3)4)28-12(5)16(26,17(19,20)21)18(22,23)24/h11-13,26H,1,6-9H2,2-5H3. The van der Waals surface area contributed by atoms with Gasteiger partial charge in [0, 0.05) is 5.57 Å². The zero-order valence-corrected chi connectivity index (χ0v) is 16.2. The van der Waals surface area contributed by atoms with E-state index in [0.29, 0.717) is 6.92 Å². The maximum atomic E-state index is 13.1. The molecule has 0 bridgehead atoms. The Morgan fingerprint density at radius 3 is 1.82 bits per heavy atom. The Labute approximate surface area is 159 Å². The Kier molecular flexibility index (Phi) is 7.26. The SMILES string of the molecule is C=C(C)C(=O)OC1CCC(OC(C)C(O)(C(F)(F)F)C(F)(F)F)(C(C)C)CC1. The molecule has 0 aromatic heterocycles. The van der Waals surface area contributed by atoms with E-state index < -0.39 is 47.6 Å². The molecule has 1 saturated carbocycles. The first-order chi connectivity index (χ1) is 12.5. The van der Waals surface area contributed by atoms with Crippen LogP contribution < -0.4 is 0 Å². The molecule has 1 fully saturated rings. The van der Waals surface area contributed by atoms with Gasteiger partial charge in [-0.15, -0.1) is 0 Å². The topological polar surface area (TPSA) is 55.8 Å². The second-order valence-electron chi connectivity index (χ2n) is 7.63. The molecule has 1 aliphatic rings. The molecule has 1 atom stereocenters. The number of halogens is 6. The van der Waals surface area contributed by atoms with Crippen LogP contribution in [0.5, 0.6) is 0 Å². The molecular formula is C18H26F6O4. The number of carbonyl (C=O) groups is 1. The van der Waals surface area contributed by atoms with Gasteiger partial charge in [0.15, 0.2) is 0 Å². The number of rotatable bonds is 6. The van der Waals surface area contributed by atoms with Gasteiger partial charge < -0.3 is 14.6 Å². The van der Waals surface area contributed by atoms with E-state index in [0.717, 1.165) is 0 Å². The maximum absolute atomic E-state index is 13.1. The first kappa shape index (κ1) is 24.7. The van der Waals surface area contributed by atoms with E-state index in [2.05, 4.69) is 6.58 Å². The van der Waals surface area contributed by atoms with Gasteiger partial charge in [0.05, 0.1) is 5.60 Å². The number of alkyl halides is 6. The molecule has 1 unspecified atom stereocenters. The molecule has 0 amide bonds. The Morgan fingerprint density at radius 2 is 1.50 bits per heavy atom. The van der Waals surface area contributed by atoms with E-state index in [9.17, 15) is 36.2 Å². The van der Waals surface area contributed by atoms with Crippen molar-refractivity contribution in [1.29, 1.82) is 0 Å². The largest absolute Gasteiger partial charge is 0.459 e. The van der Waals surface area contributed by atoms with Gasteiger partial charge in [-0.3, -0.25) is 0 Å². The van der Waals surface area contributed by atoms with E-state index in [1.165, 1.54) is 6.92 Å². The Bertz CT molecular complexity index is 560. The minimum Gasteiger partial charge on any atom is -0.459 e. The second kappa shape index (κ2) is 8.22. The number of aliphatic hydroxyl groups is 1. The summed E-state index contributed by atoms with van der Waals surface area (Å²) in [7, 11) is 0. The maximum Gasteiger partial charge on any atom is 0.428 e. The van der Waals surface area contributed by atoms with Crippen LogP contribution in [0.3, 0.4) is 0 Å². The van der Waals surface area contributed by atoms with Gasteiger partial charge in [-0.05, 0) is 45.4 Å². The third kappa shape index (κ3) is 4.82. The summed E-state index contributed by atoms with van der Waals surface area (Å²) in [6.07, 6.45) is -14.5. The van der Waals surface area contributed by atoms with Gasteiger partial charge in [-0.25, -0.2) is 4.79 Å². The summed E-state index contributed by atoms with van der Waals surface area (Å²) in [6, 6.07) is 0. The first-order valence-corrected chi connectivity index (χ1v) is 8.88. The van der Waals surface area contributed by atoms with Crippen molar-refractivity contribution in [2.45, 2.75) is 89.1 Å². The molecule has 0 heterocycles. The van der Waals surface area contributed by atoms with Crippen LogP contribution in [0.4, 0.5) is 26.3 Å². The molecule has 4 nitrogen and oxygen atoms in total. The van der Waals surface area contributed by atoms with E-state index in [4.69, 9.17) is 9.47 Å². The van der Waals surface area contributed by atoms with Crippen molar-refractivity contribution in [2.75, 3.05) is 0 Å². The minimum absolute atomic E-state index is 0.0783. The van der Waals surface area contributed by atoms with Gasteiger partial charge in [0.2, 0.25) is 0 Å². The lowest BCUT2D eigenvalue weighted by Crippen LogP contribution is -2.66. The first-order valence-electron chi connectivity index (χ1n) is 8.88. The normalized spacial score (nSPS) is 25.5. The second-order valence-corrected chi connectivity index (χ2v) is 7.63. The van der Waals surface area contributed by atoms with Crippen molar-refractivity contribution in [2.24, 2.45) is 5.92 Å². The molecule has 0 aromatic rings. The van der Waals surface area contributed by atoms with Gasteiger partial charge >= 0.3 is 18.3 Å². The van der Waals surface area contributed by atoms with Crippen LogP contribution >= 0.6 is 0 Å². The molecule has 28 heavy (non-hydrogen) atoms. The van der Waals surface area contributed by atoms with Crippen LogP contribution in [-0.2, 0) is 14.3 Å². The molecule has 10 heteroatoms. The smallest absolute Gasteiger partial charge is 0.428 e. The highest BCUT2D eigenvalue weighted by atomic mass is 19.4. The number of ether oxygens (including phenoxy) is 2. The van der Waals surface area contributed by atoms with Gasteiger partial charge in [0.25, 0.3) is 5.60 Å². The van der Waals surface area contributed by atoms with Crippen molar-refractivity contribution >= 4 is 5.97 Å². The number of hydrogen-bond acceptors (Lipinski definition) is 4. The number of esters is 1. The van der Waals surface area contributed by atoms with Crippen LogP contribution in [0.2, 0.25) is 0 Å². The Morgan fingerprint density at radius 1 is 1.07 bits per heavy atom. The van der Waals surface area contributed by atoms with Crippen molar-refractivity contribution in [1.82, 2.24) is 0 Å². The van der Waals surface area contributed by atoms with E-state index in [1.807, 2.05) is 0 Å². The third-order valence-corrected chi connectivity index (χ3v) is 5.32. The van der Waals surface area contributed by atoms with E-state index >= 15 is 0 Å². The highest BCUT2D eigenvalue weighted by Crippen LogP contribution is 2.49. The summed E-state index contributed by atoms with van der Waals surface area (Å²) in [5, 5.41) is 9.56. The number of hydrogen-bond donors (Lipinski definition) is 1. The summed E-state index contributed by atoms with van der Waals surface area (Å²) >= 11 is 0. The molecule has 0 spiro atoms. The molecule has 1 N–H and O–H groups in total. The van der Waals surface area contributed by atoms with Gasteiger partial charge in [-0.2, -0.15) is 26.3 Å². The zero-order chi connectivity index (χ0) is 22.1. The fraction of sp³-hybridized carbons (Fsp3) is 0.833. The van der Waals surface area contributed by atoms with Gasteiger partial charge in [-0.1, -0.05) is 20.4 Å². The Balaban J connectivity index is 3.02. The highest BCUT2D eigenvalue weighted by Gasteiger charge is 2.74. The summed E-state index contributed by atoms with van der Waals surface area (Å²) in [5.41, 5.74) is -6.13. The van der Waals surface area contributed by atoms with E-state index in [-0.39, 0.29) is 31.3 Å². The number of carbonyl (C=O) groups excluding carboxylic acids is 1. The fourth-order valence-corrected chi connectivity index (χ4v) is 3.34. The predicted octanol–water partition coefficient (Wildman–Crippen LogP) is 4.70. The lowest BCUT2D eigenvalue weighted by atomic mass is 9.75. The lowest BCUT2D eigenvalue weighted by molar-refractivity contribution is -0.401. The quantitative estimate of drug-likeness (QED) is 0.384. The highest BCUT2D eigenvalue weighted by molar-refractivity contribution is 5.87. The molecule has 1 aliphatic carbocycles. The summed E-state index contributed by atoms with van der Waals surface area (Å²) in [5.74, 6) is -1.04. The monoisotopic (exact) mass is 420 g/mol. The van der Waals surface area contributed by atoms with Crippen LogP contribution in [0.25, 0.3) is 0 Å². The van der Waals surface area contributed by atoms with Crippen LogP contribution in [0.1, 0.15) is 53.4 Å². The molecule has 1 rings (SSSR count). The van der Waals surface area contributed by atoms with Crippen LogP contribution in [0, 0.1) is 5.92 Å². The molecule has 164 valence electrons. The van der Waals surface area contributed by atoms with Crippen LogP contribution in [-0.4, -0.2) is 46.8 Å². The minimum atomic E-state index is -5.96. The molecule has 0 aromatic carbocycles. The fourth-order valence-electron chi connectivity index (χ4n) is 3.34. The average molecular weight is 420 g/mol. The summed E-state index contributed by atoms with van der Waals surface area (Å²) in [4.78, 5) is 11.6. The van der Waals surface area contributed by atoms with Crippen molar-refractivity contribution in [3.63, 3.8) is 0 Å². The van der Waals surface area contributed by atoms with Crippen molar-refractivity contribution in [3.8, 4) is 0 Å². The van der Waals surface area contributed by atoms with Crippen LogP contribution in [0.15, 0.2) is 12.2 Å². The van der Waals surface area contributed by atoms with E-state index in [1.54, 1.807) is 13.8 Å². The average Bonchev–Trinajstić information content (AvgIpc) is 2.53. The lowest BCUT2D eigenvalue weighted by Gasteiger charge is -2.47. The summed E-state index contributed by atoms with van der Waals surface area (Å²) < 4.78 is 89.1. The predicted molar refractivity (Wildman–Crippen MR) is 88.3 cm³/mol. The van der Waals surface area contributed by atoms with Crippen molar-refractivity contribution < 1.29 is 45.7 Å². The zero-order valence-electron chi connectivity index (χ0n) is 16.2. The van der Waals surface area contributed by atoms with Crippen molar-refractivity contribution in [3.05, 3.63) is 12.2 Å². The molecule has 0 saturated heterocycles.